The van der Waals surface area contributed by atoms with Gasteiger partial charge in [-0.2, -0.15) is 11.8 Å². The number of carbonyl (C=O) groups excluding carboxylic acids is 1. The molecule has 4 heteroatoms. The zero-order chi connectivity index (χ0) is 13.0. The lowest BCUT2D eigenvalue weighted by Gasteiger charge is -2.31. The Bertz CT molecular complexity index is 288. The van der Waals surface area contributed by atoms with Crippen LogP contribution in [0, 0.1) is 11.8 Å². The van der Waals surface area contributed by atoms with Gasteiger partial charge in [-0.05, 0) is 49.8 Å². The fourth-order valence-corrected chi connectivity index (χ4v) is 4.71. The summed E-state index contributed by atoms with van der Waals surface area (Å²) < 4.78 is 0. The molecule has 1 amide bonds. The number of carbonyl (C=O) groups is 1. The maximum atomic E-state index is 11.9. The topological polar surface area (TPSA) is 55.1 Å². The van der Waals surface area contributed by atoms with Gasteiger partial charge >= 0.3 is 0 Å². The van der Waals surface area contributed by atoms with E-state index in [-0.39, 0.29) is 5.91 Å². The molecule has 3 nitrogen and oxygen atoms in total. The third-order valence-corrected chi connectivity index (χ3v) is 5.73. The number of amides is 1. The Hall–Kier alpha value is -0.220. The van der Waals surface area contributed by atoms with Gasteiger partial charge < -0.3 is 11.1 Å². The lowest BCUT2D eigenvalue weighted by atomic mass is 9.94. The summed E-state index contributed by atoms with van der Waals surface area (Å²) in [5.74, 6) is 3.27. The van der Waals surface area contributed by atoms with Gasteiger partial charge in [-0.15, -0.1) is 0 Å². The van der Waals surface area contributed by atoms with Crippen LogP contribution in [0.3, 0.4) is 0 Å². The number of primary amides is 1. The summed E-state index contributed by atoms with van der Waals surface area (Å²) in [5.41, 5.74) is 5.25. The zero-order valence-electron chi connectivity index (χ0n) is 11.4. The van der Waals surface area contributed by atoms with Gasteiger partial charge in [-0.3, -0.25) is 4.79 Å². The van der Waals surface area contributed by atoms with Crippen molar-refractivity contribution in [3.8, 4) is 0 Å². The summed E-state index contributed by atoms with van der Waals surface area (Å²) in [5, 5.41) is 3.39. The number of nitrogens with two attached hydrogens (primary N) is 1. The van der Waals surface area contributed by atoms with Crippen molar-refractivity contribution in [2.24, 2.45) is 17.6 Å². The highest BCUT2D eigenvalue weighted by Crippen LogP contribution is 2.42. The van der Waals surface area contributed by atoms with Crippen LogP contribution in [0.5, 0.6) is 0 Å². The second-order valence-corrected chi connectivity index (χ2v) is 6.84. The van der Waals surface area contributed by atoms with Gasteiger partial charge in [0.15, 0.2) is 0 Å². The molecule has 2 saturated carbocycles. The van der Waals surface area contributed by atoms with Crippen LogP contribution in [0.2, 0.25) is 0 Å². The fraction of sp³-hybridized carbons (Fsp3) is 0.929. The van der Waals surface area contributed by atoms with Crippen molar-refractivity contribution in [2.75, 3.05) is 18.1 Å². The zero-order valence-corrected chi connectivity index (χ0v) is 12.2. The van der Waals surface area contributed by atoms with Crippen LogP contribution >= 0.6 is 11.8 Å². The molecule has 1 unspecified atom stereocenters. The molecule has 2 aliphatic carbocycles. The molecule has 2 rings (SSSR count). The van der Waals surface area contributed by atoms with E-state index in [0.29, 0.717) is 5.92 Å². The molecule has 1 atom stereocenters. The Morgan fingerprint density at radius 3 is 2.50 bits per heavy atom. The lowest BCUT2D eigenvalue weighted by molar-refractivity contribution is -0.124. The van der Waals surface area contributed by atoms with E-state index >= 15 is 0 Å². The number of hydrogen-bond donors (Lipinski definition) is 2. The second-order valence-electron chi connectivity index (χ2n) is 5.81. The first-order valence-corrected chi connectivity index (χ1v) is 8.47. The summed E-state index contributed by atoms with van der Waals surface area (Å²) in [4.78, 5) is 11.9. The van der Waals surface area contributed by atoms with Crippen molar-refractivity contribution in [3.05, 3.63) is 0 Å². The highest BCUT2D eigenvalue weighted by atomic mass is 32.2. The first-order valence-electron chi connectivity index (χ1n) is 7.31. The van der Waals surface area contributed by atoms with E-state index in [1.54, 1.807) is 0 Å². The van der Waals surface area contributed by atoms with Crippen molar-refractivity contribution >= 4 is 17.7 Å². The van der Waals surface area contributed by atoms with E-state index in [9.17, 15) is 4.79 Å². The summed E-state index contributed by atoms with van der Waals surface area (Å²) in [6.45, 7) is 2.88. The average Bonchev–Trinajstić information content (AvgIpc) is 3.06. The van der Waals surface area contributed by atoms with Gasteiger partial charge in [0.25, 0.3) is 0 Å². The van der Waals surface area contributed by atoms with Crippen LogP contribution in [-0.4, -0.2) is 29.5 Å². The lowest BCUT2D eigenvalue weighted by Crippen LogP contribution is -2.59. The van der Waals surface area contributed by atoms with E-state index < -0.39 is 5.54 Å². The molecule has 0 saturated heterocycles. The van der Waals surface area contributed by atoms with Crippen LogP contribution < -0.4 is 11.1 Å². The summed E-state index contributed by atoms with van der Waals surface area (Å²) in [7, 11) is 0. The second kappa shape index (κ2) is 6.29. The van der Waals surface area contributed by atoms with E-state index in [1.165, 1.54) is 31.4 Å². The van der Waals surface area contributed by atoms with E-state index in [0.717, 1.165) is 31.1 Å². The highest BCUT2D eigenvalue weighted by molar-refractivity contribution is 7.99. The Morgan fingerprint density at radius 2 is 2.00 bits per heavy atom. The van der Waals surface area contributed by atoms with Gasteiger partial charge in [0.05, 0.1) is 0 Å². The Morgan fingerprint density at radius 1 is 1.33 bits per heavy atom. The molecule has 0 spiro atoms. The fourth-order valence-electron chi connectivity index (χ4n) is 3.13. The first-order chi connectivity index (χ1) is 8.69. The SMILES string of the molecule is CCNC(CSCC1CCCC1)(C(N)=O)C1CC1. The van der Waals surface area contributed by atoms with E-state index in [4.69, 9.17) is 5.73 Å². The number of nitrogens with one attached hydrogen (secondary N) is 1. The molecule has 2 aliphatic rings. The van der Waals surface area contributed by atoms with Crippen molar-refractivity contribution in [3.63, 3.8) is 0 Å². The molecule has 18 heavy (non-hydrogen) atoms. The van der Waals surface area contributed by atoms with Crippen LogP contribution in [0.15, 0.2) is 0 Å². The quantitative estimate of drug-likeness (QED) is 0.710. The normalized spacial score (nSPS) is 24.1. The van der Waals surface area contributed by atoms with Gasteiger partial charge in [-0.1, -0.05) is 19.8 Å². The molecule has 104 valence electrons. The third kappa shape index (κ3) is 3.21. The molecule has 0 heterocycles. The summed E-state index contributed by atoms with van der Waals surface area (Å²) >= 11 is 1.93. The number of thioether (sulfide) groups is 1. The van der Waals surface area contributed by atoms with Gasteiger partial charge in [0.1, 0.15) is 5.54 Å². The molecule has 0 aromatic heterocycles. The monoisotopic (exact) mass is 270 g/mol. The van der Waals surface area contributed by atoms with Crippen molar-refractivity contribution < 1.29 is 4.79 Å². The number of hydrogen-bond acceptors (Lipinski definition) is 3. The van der Waals surface area contributed by atoms with Crippen LogP contribution in [0.25, 0.3) is 0 Å². The number of rotatable bonds is 8. The maximum Gasteiger partial charge on any atom is 0.238 e. The standard InChI is InChI=1S/C14H26N2OS/c1-2-16-14(13(15)17,12-7-8-12)10-18-9-11-5-3-4-6-11/h11-12,16H,2-10H2,1H3,(H2,15,17). The Labute approximate surface area is 115 Å². The smallest absolute Gasteiger partial charge is 0.238 e. The highest BCUT2D eigenvalue weighted by Gasteiger charge is 2.49. The van der Waals surface area contributed by atoms with Crippen LogP contribution in [0.4, 0.5) is 0 Å². The number of likely N-dealkylation sites (N-methyl/N-ethyl adjacent to an activating group) is 1. The molecule has 3 N–H and O–H groups in total. The largest absolute Gasteiger partial charge is 0.368 e. The third-order valence-electron chi connectivity index (χ3n) is 4.36. The maximum absolute atomic E-state index is 11.9. The molecular weight excluding hydrogens is 244 g/mol. The minimum atomic E-state index is -0.433. The predicted octanol–water partition coefficient (Wildman–Crippen LogP) is 2.15. The molecule has 0 aliphatic heterocycles. The molecule has 0 bridgehead atoms. The van der Waals surface area contributed by atoms with Gasteiger partial charge in [0, 0.05) is 5.75 Å². The minimum Gasteiger partial charge on any atom is -0.368 e. The van der Waals surface area contributed by atoms with Crippen LogP contribution in [-0.2, 0) is 4.79 Å². The van der Waals surface area contributed by atoms with E-state index in [2.05, 4.69) is 12.2 Å². The first kappa shape index (κ1) is 14.2. The van der Waals surface area contributed by atoms with Gasteiger partial charge in [-0.25, -0.2) is 0 Å². The predicted molar refractivity (Wildman–Crippen MR) is 77.6 cm³/mol. The van der Waals surface area contributed by atoms with Crippen molar-refractivity contribution in [1.29, 1.82) is 0 Å². The summed E-state index contributed by atoms with van der Waals surface area (Å²) in [6, 6.07) is 0. The molecular formula is C14H26N2OS. The summed E-state index contributed by atoms with van der Waals surface area (Å²) in [6.07, 6.45) is 7.84. The molecule has 2 fully saturated rings. The Balaban J connectivity index is 1.85. The minimum absolute atomic E-state index is 0.147. The van der Waals surface area contributed by atoms with Crippen molar-refractivity contribution in [2.45, 2.75) is 51.0 Å². The van der Waals surface area contributed by atoms with Crippen LogP contribution in [0.1, 0.15) is 45.4 Å². The Kier molecular flexibility index (Phi) is 4.96. The average molecular weight is 270 g/mol. The molecule has 0 radical (unpaired) electrons. The van der Waals surface area contributed by atoms with Gasteiger partial charge in [0.2, 0.25) is 5.91 Å². The molecule has 0 aromatic carbocycles. The molecule has 0 aromatic rings. The van der Waals surface area contributed by atoms with E-state index in [1.807, 2.05) is 11.8 Å². The van der Waals surface area contributed by atoms with Crippen molar-refractivity contribution in [1.82, 2.24) is 5.32 Å².